The number of halogens is 7. The van der Waals surface area contributed by atoms with Crippen molar-refractivity contribution in [3.05, 3.63) is 128 Å². The summed E-state index contributed by atoms with van der Waals surface area (Å²) >= 11 is 2.88. The van der Waals surface area contributed by atoms with Crippen LogP contribution in [0.5, 0.6) is 5.75 Å². The summed E-state index contributed by atoms with van der Waals surface area (Å²) in [6, 6.07) is 16.2. The molecule has 0 fully saturated rings. The van der Waals surface area contributed by atoms with E-state index in [1.54, 1.807) is 49.6 Å². The minimum absolute atomic E-state index is 0.0570. The van der Waals surface area contributed by atoms with Crippen molar-refractivity contribution in [2.24, 2.45) is 0 Å². The van der Waals surface area contributed by atoms with Crippen molar-refractivity contribution >= 4 is 27.7 Å². The quantitative estimate of drug-likeness (QED) is 0.171. The zero-order valence-corrected chi connectivity index (χ0v) is 29.6. The molecule has 0 saturated carbocycles. The molecule has 0 radical (unpaired) electrons. The third-order valence-corrected chi connectivity index (χ3v) is 9.37. The Hall–Kier alpha value is -5.49. The lowest BCUT2D eigenvalue weighted by atomic mass is 10.1. The maximum atomic E-state index is 14.2. The average molecular weight is 820 g/mol. The lowest BCUT2D eigenvalue weighted by molar-refractivity contribution is -0.210. The van der Waals surface area contributed by atoms with E-state index in [9.17, 15) is 45.8 Å². The van der Waals surface area contributed by atoms with Gasteiger partial charge in [-0.05, 0) is 61.0 Å². The van der Waals surface area contributed by atoms with E-state index in [2.05, 4.69) is 31.2 Å². The first-order chi connectivity index (χ1) is 25.5. The summed E-state index contributed by atoms with van der Waals surface area (Å²) in [4.78, 5) is 51.9. The fourth-order valence-electron chi connectivity index (χ4n) is 5.95. The Morgan fingerprint density at radius 3 is 2.35 bits per heavy atom. The molecule has 2 atom stereocenters. The second kappa shape index (κ2) is 15.1. The maximum absolute atomic E-state index is 14.2. The van der Waals surface area contributed by atoms with E-state index in [1.165, 1.54) is 39.8 Å². The Morgan fingerprint density at radius 1 is 1.00 bits per heavy atom. The Morgan fingerprint density at radius 2 is 1.69 bits per heavy atom. The number of nitrogens with one attached hydrogen (secondary N) is 1. The number of imidazole rings is 1. The number of carbonyl (C=O) groups excluding carboxylic acids is 2. The largest absolute Gasteiger partial charge is 0.491 e. The second-order valence-corrected chi connectivity index (χ2v) is 13.1. The number of ether oxygens (including phenoxy) is 1. The standard InChI is InChI=1S/C36H29BrF6N6O5/c1-20-17-48-28(18-47(20)33(52)21-7-12-27(37)26(15-21)35(38,39)40)30(32(51)46-16-22-5-2-3-6-25(22)31-44-13-4-14-45-31)49(34(48)53)23-8-10-24(11-9-23)54-19-29(50)36(41,42)43/h2-15,20,29,50H,16-19H2,1H3,(H,46,51)/t20-,29+/m1/s1. The van der Waals surface area contributed by atoms with E-state index in [0.29, 0.717) is 17.0 Å². The fourth-order valence-corrected chi connectivity index (χ4v) is 6.43. The van der Waals surface area contributed by atoms with Crippen LogP contribution in [-0.4, -0.2) is 65.9 Å². The van der Waals surface area contributed by atoms with Crippen LogP contribution in [0.15, 0.2) is 94.5 Å². The molecule has 0 spiro atoms. The second-order valence-electron chi connectivity index (χ2n) is 12.3. The first-order valence-corrected chi connectivity index (χ1v) is 17.0. The molecule has 282 valence electrons. The molecule has 5 aromatic rings. The highest BCUT2D eigenvalue weighted by atomic mass is 79.9. The van der Waals surface area contributed by atoms with Gasteiger partial charge in [0.05, 0.1) is 23.5 Å². The van der Waals surface area contributed by atoms with Crippen LogP contribution in [0.2, 0.25) is 0 Å². The highest BCUT2D eigenvalue weighted by Gasteiger charge is 2.39. The zero-order chi connectivity index (χ0) is 38.9. The predicted molar refractivity (Wildman–Crippen MR) is 185 cm³/mol. The fraction of sp³-hybridized carbons (Fsp3) is 0.250. The van der Waals surface area contributed by atoms with Crippen LogP contribution in [0, 0.1) is 0 Å². The van der Waals surface area contributed by atoms with Gasteiger partial charge in [-0.25, -0.2) is 14.8 Å². The molecule has 0 bridgehead atoms. The maximum Gasteiger partial charge on any atom is 0.417 e. The van der Waals surface area contributed by atoms with Gasteiger partial charge in [-0.2, -0.15) is 26.3 Å². The number of alkyl halides is 6. The van der Waals surface area contributed by atoms with Gasteiger partial charge in [0.2, 0.25) is 0 Å². The lowest BCUT2D eigenvalue weighted by Crippen LogP contribution is -2.47. The summed E-state index contributed by atoms with van der Waals surface area (Å²) in [5.74, 6) is -1.18. The summed E-state index contributed by atoms with van der Waals surface area (Å²) in [7, 11) is 0. The molecule has 11 nitrogen and oxygen atoms in total. The van der Waals surface area contributed by atoms with Gasteiger partial charge < -0.3 is 20.1 Å². The van der Waals surface area contributed by atoms with E-state index in [4.69, 9.17) is 4.74 Å². The number of aromatic nitrogens is 4. The van der Waals surface area contributed by atoms with Gasteiger partial charge in [-0.15, -0.1) is 0 Å². The highest BCUT2D eigenvalue weighted by molar-refractivity contribution is 9.10. The zero-order valence-electron chi connectivity index (χ0n) is 28.0. The molecule has 18 heteroatoms. The number of aliphatic hydroxyl groups excluding tert-OH is 1. The summed E-state index contributed by atoms with van der Waals surface area (Å²) in [5, 5.41) is 12.1. The summed E-state index contributed by atoms with van der Waals surface area (Å²) in [6.07, 6.45) is -9.28. The molecule has 54 heavy (non-hydrogen) atoms. The van der Waals surface area contributed by atoms with Gasteiger partial charge in [0.15, 0.2) is 11.9 Å². The minimum atomic E-state index is -4.90. The van der Waals surface area contributed by atoms with Crippen molar-refractivity contribution in [2.75, 3.05) is 6.61 Å². The molecule has 3 heterocycles. The predicted octanol–water partition coefficient (Wildman–Crippen LogP) is 6.15. The van der Waals surface area contributed by atoms with Gasteiger partial charge >= 0.3 is 18.0 Å². The molecule has 0 saturated heterocycles. The molecular weight excluding hydrogens is 790 g/mol. The van der Waals surface area contributed by atoms with Crippen LogP contribution in [0.1, 0.15) is 44.6 Å². The molecule has 1 aliphatic rings. The van der Waals surface area contributed by atoms with E-state index >= 15 is 0 Å². The Kier molecular flexibility index (Phi) is 10.7. The summed E-state index contributed by atoms with van der Waals surface area (Å²) in [5.41, 5.74) is -0.732. The number of nitrogens with zero attached hydrogens (tertiary/aromatic N) is 5. The van der Waals surface area contributed by atoms with Crippen LogP contribution < -0.4 is 15.7 Å². The SMILES string of the molecule is C[C@@H]1Cn2c(c(C(=O)NCc3ccccc3-c3ncccn3)n(-c3ccc(OC[C@H](O)C(F)(F)F)cc3)c2=O)CN1C(=O)c1ccc(Br)c(C(F)(F)F)c1. The van der Waals surface area contributed by atoms with Crippen molar-refractivity contribution in [1.82, 2.24) is 29.3 Å². The topological polar surface area (TPSA) is 132 Å². The van der Waals surface area contributed by atoms with E-state index in [0.717, 1.165) is 16.7 Å². The molecule has 3 aromatic carbocycles. The number of rotatable bonds is 9. The lowest BCUT2D eigenvalue weighted by Gasteiger charge is -2.34. The van der Waals surface area contributed by atoms with Crippen molar-refractivity contribution in [3.8, 4) is 22.8 Å². The molecule has 2 aromatic heterocycles. The highest BCUT2D eigenvalue weighted by Crippen LogP contribution is 2.36. The molecule has 2 N–H and O–H groups in total. The van der Waals surface area contributed by atoms with Crippen LogP contribution in [0.4, 0.5) is 26.3 Å². The van der Waals surface area contributed by atoms with Gasteiger partial charge in [0, 0.05) is 47.1 Å². The van der Waals surface area contributed by atoms with Crippen LogP contribution in [0.25, 0.3) is 17.1 Å². The summed E-state index contributed by atoms with van der Waals surface area (Å²) in [6.45, 7) is 0.00149. The Balaban J connectivity index is 1.37. The van der Waals surface area contributed by atoms with E-state index < -0.39 is 54.2 Å². The van der Waals surface area contributed by atoms with Gasteiger partial charge in [-0.1, -0.05) is 40.2 Å². The minimum Gasteiger partial charge on any atom is -0.491 e. The number of carbonyl (C=O) groups is 2. The van der Waals surface area contributed by atoms with Crippen LogP contribution in [-0.2, 0) is 25.8 Å². The monoisotopic (exact) mass is 818 g/mol. The third-order valence-electron chi connectivity index (χ3n) is 8.68. The number of amides is 2. The van der Waals surface area contributed by atoms with Crippen molar-refractivity contribution < 1.29 is 45.8 Å². The smallest absolute Gasteiger partial charge is 0.417 e. The Bertz CT molecular complexity index is 2240. The number of benzene rings is 3. The third kappa shape index (κ3) is 7.89. The first kappa shape index (κ1) is 38.2. The van der Waals surface area contributed by atoms with Gasteiger partial charge in [0.1, 0.15) is 18.1 Å². The van der Waals surface area contributed by atoms with Crippen molar-refractivity contribution in [2.45, 2.75) is 51.1 Å². The molecular formula is C36H29BrF6N6O5. The Labute approximate surface area is 311 Å². The van der Waals surface area contributed by atoms with Crippen molar-refractivity contribution in [3.63, 3.8) is 0 Å². The number of aliphatic hydroxyl groups is 1. The molecule has 0 aliphatic carbocycles. The van der Waals surface area contributed by atoms with E-state index in [-0.39, 0.29) is 52.5 Å². The van der Waals surface area contributed by atoms with Gasteiger partial charge in [-0.3, -0.25) is 18.7 Å². The van der Waals surface area contributed by atoms with Crippen LogP contribution >= 0.6 is 15.9 Å². The number of hydrogen-bond acceptors (Lipinski definition) is 7. The molecule has 0 unspecified atom stereocenters. The van der Waals surface area contributed by atoms with Crippen LogP contribution in [0.3, 0.4) is 0 Å². The van der Waals surface area contributed by atoms with Crippen molar-refractivity contribution in [1.29, 1.82) is 0 Å². The first-order valence-electron chi connectivity index (χ1n) is 16.2. The molecule has 6 rings (SSSR count). The normalized spacial score (nSPS) is 15.1. The molecule has 2 amide bonds. The number of fused-ring (bicyclic) bond motifs is 1. The average Bonchev–Trinajstić information content (AvgIpc) is 3.42. The molecule has 1 aliphatic heterocycles. The van der Waals surface area contributed by atoms with Gasteiger partial charge in [0.25, 0.3) is 11.8 Å². The van der Waals surface area contributed by atoms with E-state index in [1.807, 2.05) is 0 Å². The summed E-state index contributed by atoms with van der Waals surface area (Å²) < 4.78 is 86.7. The number of hydrogen-bond donors (Lipinski definition) is 2.